The largest absolute Gasteiger partial charge is 0.452 e. The molecule has 150 valence electrons. The number of hydrogen-bond donors (Lipinski definition) is 1. The number of hydrogen-bond acceptors (Lipinski definition) is 3. The van der Waals surface area contributed by atoms with Gasteiger partial charge in [0, 0.05) is 27.8 Å². The van der Waals surface area contributed by atoms with Crippen LogP contribution in [0.15, 0.2) is 48.5 Å². The zero-order chi connectivity index (χ0) is 21.1. The van der Waals surface area contributed by atoms with Crippen LogP contribution in [0.2, 0.25) is 5.02 Å². The molecule has 1 N–H and O–H groups in total. The number of nitrogens with zero attached hydrogens (tertiary/aromatic N) is 1. The van der Waals surface area contributed by atoms with E-state index >= 15 is 0 Å². The molecular formula is C23H23ClN2O3. The summed E-state index contributed by atoms with van der Waals surface area (Å²) in [6, 6.07) is 15.0. The predicted octanol–water partition coefficient (Wildman–Crippen LogP) is 5.16. The molecule has 0 aliphatic heterocycles. The molecule has 0 aliphatic rings. The van der Waals surface area contributed by atoms with Crippen molar-refractivity contribution >= 4 is 29.2 Å². The molecule has 0 bridgehead atoms. The lowest BCUT2D eigenvalue weighted by Gasteiger charge is -2.11. The molecule has 2 aromatic carbocycles. The van der Waals surface area contributed by atoms with E-state index in [1.54, 1.807) is 18.2 Å². The Hall–Kier alpha value is -3.05. The summed E-state index contributed by atoms with van der Waals surface area (Å²) in [5.41, 5.74) is 5.72. The van der Waals surface area contributed by atoms with E-state index < -0.39 is 11.9 Å². The smallest absolute Gasteiger partial charge is 0.340 e. The maximum absolute atomic E-state index is 12.6. The Morgan fingerprint density at radius 3 is 2.38 bits per heavy atom. The topological polar surface area (TPSA) is 60.3 Å². The highest BCUT2D eigenvalue weighted by Crippen LogP contribution is 2.22. The molecule has 0 radical (unpaired) electrons. The van der Waals surface area contributed by atoms with Crippen LogP contribution in [-0.2, 0) is 9.53 Å². The maximum atomic E-state index is 12.6. The summed E-state index contributed by atoms with van der Waals surface area (Å²) in [7, 11) is 0. The highest BCUT2D eigenvalue weighted by molar-refractivity contribution is 6.31. The van der Waals surface area contributed by atoms with Crippen LogP contribution in [-0.4, -0.2) is 23.1 Å². The van der Waals surface area contributed by atoms with Gasteiger partial charge in [-0.15, -0.1) is 0 Å². The fourth-order valence-electron chi connectivity index (χ4n) is 3.18. The van der Waals surface area contributed by atoms with Gasteiger partial charge in [0.25, 0.3) is 5.91 Å². The minimum atomic E-state index is -0.533. The fourth-order valence-corrected chi connectivity index (χ4v) is 3.36. The van der Waals surface area contributed by atoms with Gasteiger partial charge in [-0.3, -0.25) is 4.79 Å². The second kappa shape index (κ2) is 8.53. The standard InChI is InChI=1S/C23H23ClN2O3/c1-14-5-9-19(10-6-14)26-16(3)11-20(17(26)4)23(28)29-13-22(27)25-21-12-18(24)8-7-15(21)2/h5-12H,13H2,1-4H3,(H,25,27). The summed E-state index contributed by atoms with van der Waals surface area (Å²) in [5.74, 6) is -0.953. The Kier molecular flexibility index (Phi) is 6.09. The summed E-state index contributed by atoms with van der Waals surface area (Å²) in [6.07, 6.45) is 0. The fraction of sp³-hybridized carbons (Fsp3) is 0.217. The Balaban J connectivity index is 1.69. The average molecular weight is 411 g/mol. The van der Waals surface area contributed by atoms with Gasteiger partial charge >= 0.3 is 5.97 Å². The van der Waals surface area contributed by atoms with Gasteiger partial charge in [-0.05, 0) is 63.6 Å². The van der Waals surface area contributed by atoms with Gasteiger partial charge in [0.2, 0.25) is 0 Å². The number of aromatic nitrogens is 1. The zero-order valence-electron chi connectivity index (χ0n) is 16.9. The van der Waals surface area contributed by atoms with E-state index in [4.69, 9.17) is 16.3 Å². The Labute approximate surface area is 175 Å². The van der Waals surface area contributed by atoms with Crippen LogP contribution in [0.5, 0.6) is 0 Å². The number of anilines is 1. The lowest BCUT2D eigenvalue weighted by Crippen LogP contribution is -2.21. The van der Waals surface area contributed by atoms with E-state index in [2.05, 4.69) is 5.32 Å². The second-order valence-electron chi connectivity index (χ2n) is 7.04. The van der Waals surface area contributed by atoms with Crippen molar-refractivity contribution in [3.63, 3.8) is 0 Å². The number of carbonyl (C=O) groups is 2. The molecule has 1 aromatic heterocycles. The van der Waals surface area contributed by atoms with Crippen molar-refractivity contribution in [2.75, 3.05) is 11.9 Å². The molecule has 6 heteroatoms. The minimum Gasteiger partial charge on any atom is -0.452 e. The first-order valence-electron chi connectivity index (χ1n) is 9.25. The van der Waals surface area contributed by atoms with Gasteiger partial charge in [0.15, 0.2) is 6.61 Å². The lowest BCUT2D eigenvalue weighted by molar-refractivity contribution is -0.119. The van der Waals surface area contributed by atoms with Gasteiger partial charge in [-0.1, -0.05) is 35.4 Å². The van der Waals surface area contributed by atoms with Crippen molar-refractivity contribution in [2.24, 2.45) is 0 Å². The number of nitrogens with one attached hydrogen (secondary N) is 1. The van der Waals surface area contributed by atoms with E-state index in [1.165, 1.54) is 0 Å². The number of rotatable bonds is 5. The summed E-state index contributed by atoms with van der Waals surface area (Å²) in [5, 5.41) is 3.23. The molecule has 0 aliphatic carbocycles. The van der Waals surface area contributed by atoms with Gasteiger partial charge in [-0.25, -0.2) is 4.79 Å². The average Bonchev–Trinajstić information content (AvgIpc) is 2.98. The number of amides is 1. The first-order chi connectivity index (χ1) is 13.8. The van der Waals surface area contributed by atoms with Crippen molar-refractivity contribution in [3.05, 3.63) is 81.6 Å². The summed E-state index contributed by atoms with van der Waals surface area (Å²) in [6.45, 7) is 7.30. The van der Waals surface area contributed by atoms with Gasteiger partial charge in [-0.2, -0.15) is 0 Å². The van der Waals surface area contributed by atoms with Crippen LogP contribution in [0.3, 0.4) is 0 Å². The van der Waals surface area contributed by atoms with E-state index in [0.717, 1.165) is 28.2 Å². The summed E-state index contributed by atoms with van der Waals surface area (Å²) < 4.78 is 7.23. The number of aryl methyl sites for hydroxylation is 3. The van der Waals surface area contributed by atoms with Crippen molar-refractivity contribution in [1.29, 1.82) is 0 Å². The number of benzene rings is 2. The van der Waals surface area contributed by atoms with E-state index in [0.29, 0.717) is 16.3 Å². The number of ether oxygens (including phenoxy) is 1. The van der Waals surface area contributed by atoms with Gasteiger partial charge in [0.05, 0.1) is 5.56 Å². The molecule has 0 atom stereocenters. The van der Waals surface area contributed by atoms with Crippen LogP contribution >= 0.6 is 11.6 Å². The van der Waals surface area contributed by atoms with Crippen LogP contribution in [0, 0.1) is 27.7 Å². The molecule has 1 heterocycles. The third kappa shape index (κ3) is 4.69. The van der Waals surface area contributed by atoms with Crippen molar-refractivity contribution in [2.45, 2.75) is 27.7 Å². The SMILES string of the molecule is Cc1ccc(-n2c(C)cc(C(=O)OCC(=O)Nc3cc(Cl)ccc3C)c2C)cc1. The Morgan fingerprint density at radius 1 is 1.00 bits per heavy atom. The highest BCUT2D eigenvalue weighted by Gasteiger charge is 2.19. The monoisotopic (exact) mass is 410 g/mol. The first kappa shape index (κ1) is 20.7. The third-order valence-electron chi connectivity index (χ3n) is 4.75. The molecule has 0 saturated heterocycles. The molecule has 3 rings (SSSR count). The molecule has 5 nitrogen and oxygen atoms in total. The van der Waals surface area contributed by atoms with E-state index in [1.807, 2.05) is 62.6 Å². The van der Waals surface area contributed by atoms with Crippen molar-refractivity contribution in [3.8, 4) is 5.69 Å². The van der Waals surface area contributed by atoms with E-state index in [-0.39, 0.29) is 6.61 Å². The molecule has 1 amide bonds. The summed E-state index contributed by atoms with van der Waals surface area (Å²) >= 11 is 5.96. The number of halogens is 1. The number of carbonyl (C=O) groups excluding carboxylic acids is 2. The maximum Gasteiger partial charge on any atom is 0.340 e. The molecule has 0 saturated carbocycles. The van der Waals surface area contributed by atoms with Crippen molar-refractivity contribution < 1.29 is 14.3 Å². The molecule has 0 unspecified atom stereocenters. The highest BCUT2D eigenvalue weighted by atomic mass is 35.5. The van der Waals surface area contributed by atoms with Crippen LogP contribution in [0.1, 0.15) is 32.9 Å². The molecule has 29 heavy (non-hydrogen) atoms. The zero-order valence-corrected chi connectivity index (χ0v) is 17.6. The first-order valence-corrected chi connectivity index (χ1v) is 9.63. The third-order valence-corrected chi connectivity index (χ3v) is 4.99. The Morgan fingerprint density at radius 2 is 1.69 bits per heavy atom. The van der Waals surface area contributed by atoms with Crippen LogP contribution in [0.4, 0.5) is 5.69 Å². The quantitative estimate of drug-likeness (QED) is 0.591. The molecular weight excluding hydrogens is 388 g/mol. The lowest BCUT2D eigenvalue weighted by atomic mass is 10.2. The van der Waals surface area contributed by atoms with Crippen molar-refractivity contribution in [1.82, 2.24) is 4.57 Å². The second-order valence-corrected chi connectivity index (χ2v) is 7.48. The van der Waals surface area contributed by atoms with Gasteiger partial charge in [0.1, 0.15) is 0 Å². The normalized spacial score (nSPS) is 10.7. The van der Waals surface area contributed by atoms with Crippen LogP contribution in [0.25, 0.3) is 5.69 Å². The van der Waals surface area contributed by atoms with E-state index in [9.17, 15) is 9.59 Å². The summed E-state index contributed by atoms with van der Waals surface area (Å²) in [4.78, 5) is 24.7. The van der Waals surface area contributed by atoms with Crippen LogP contribution < -0.4 is 5.32 Å². The molecule has 0 spiro atoms. The Bertz CT molecular complexity index is 1070. The molecule has 3 aromatic rings. The minimum absolute atomic E-state index is 0.376. The predicted molar refractivity (Wildman–Crippen MR) is 115 cm³/mol. The molecule has 0 fully saturated rings. The number of esters is 1. The van der Waals surface area contributed by atoms with Gasteiger partial charge < -0.3 is 14.6 Å².